The van der Waals surface area contributed by atoms with Gasteiger partial charge in [0.2, 0.25) is 11.9 Å². The highest BCUT2D eigenvalue weighted by atomic mass is 35.5. The normalized spacial score (nSPS) is 19.6. The van der Waals surface area contributed by atoms with E-state index in [0.29, 0.717) is 40.8 Å². The molecule has 1 unspecified atom stereocenters. The molecule has 1 aliphatic heterocycles. The second-order valence-electron chi connectivity index (χ2n) is 8.60. The summed E-state index contributed by atoms with van der Waals surface area (Å²) < 4.78 is 0. The zero-order valence-corrected chi connectivity index (χ0v) is 18.8. The molecule has 1 aromatic carbocycles. The molecule has 10 heteroatoms. The van der Waals surface area contributed by atoms with Gasteiger partial charge >= 0.3 is 6.03 Å². The Balaban J connectivity index is 1.45. The van der Waals surface area contributed by atoms with E-state index in [1.807, 2.05) is 19.1 Å². The van der Waals surface area contributed by atoms with E-state index in [4.69, 9.17) is 11.6 Å². The number of H-pyrrole nitrogens is 1. The Kier molecular flexibility index (Phi) is 5.00. The van der Waals surface area contributed by atoms with Gasteiger partial charge in [-0.15, -0.1) is 0 Å². The van der Waals surface area contributed by atoms with Gasteiger partial charge in [0.05, 0.1) is 12.1 Å². The highest BCUT2D eigenvalue weighted by Crippen LogP contribution is 2.39. The minimum absolute atomic E-state index is 0.0765. The first kappa shape index (κ1) is 20.7. The highest BCUT2D eigenvalue weighted by Gasteiger charge is 2.46. The van der Waals surface area contributed by atoms with Crippen LogP contribution in [0, 0.1) is 12.8 Å². The number of aromatic amines is 1. The standard InChI is InChI=1S/C22H24ClN7O2/c1-11(16-9-14-8-15(23)6-7-17(14)27-19(16)31)24-20-25-12(2)26-21(28-20)30-18(13-4-5-13)10-29(3)22(30)32/h6-9,11,13,18H,4-5,10H2,1-3H3,(H,27,31)(H,24,25,26,28)/t11-,18?/m0/s1. The number of amides is 2. The van der Waals surface area contributed by atoms with E-state index in [1.165, 1.54) is 0 Å². The summed E-state index contributed by atoms with van der Waals surface area (Å²) in [5, 5.41) is 4.64. The van der Waals surface area contributed by atoms with Crippen molar-refractivity contribution in [2.45, 2.75) is 38.8 Å². The first-order valence-corrected chi connectivity index (χ1v) is 11.0. The van der Waals surface area contributed by atoms with Gasteiger partial charge in [-0.25, -0.2) is 4.79 Å². The van der Waals surface area contributed by atoms with Crippen molar-refractivity contribution in [2.24, 2.45) is 5.92 Å². The minimum Gasteiger partial charge on any atom is -0.347 e. The molecule has 0 radical (unpaired) electrons. The van der Waals surface area contributed by atoms with Crippen LogP contribution in [0.3, 0.4) is 0 Å². The van der Waals surface area contributed by atoms with Gasteiger partial charge in [-0.1, -0.05) is 11.6 Å². The van der Waals surface area contributed by atoms with E-state index < -0.39 is 0 Å². The first-order chi connectivity index (χ1) is 15.3. The van der Waals surface area contributed by atoms with Crippen LogP contribution in [-0.2, 0) is 0 Å². The number of aryl methyl sites for hydroxylation is 1. The maximum Gasteiger partial charge on any atom is 0.327 e. The maximum atomic E-state index is 12.8. The molecule has 2 atom stereocenters. The average molecular weight is 454 g/mol. The highest BCUT2D eigenvalue weighted by molar-refractivity contribution is 6.31. The Morgan fingerprint density at radius 2 is 1.97 bits per heavy atom. The average Bonchev–Trinajstić information content (AvgIpc) is 3.53. The van der Waals surface area contributed by atoms with Crippen molar-refractivity contribution in [2.75, 3.05) is 23.8 Å². The third kappa shape index (κ3) is 3.77. The van der Waals surface area contributed by atoms with Crippen molar-refractivity contribution in [3.63, 3.8) is 0 Å². The lowest BCUT2D eigenvalue weighted by molar-refractivity contribution is 0.229. The summed E-state index contributed by atoms with van der Waals surface area (Å²) in [7, 11) is 1.80. The molecule has 2 aromatic heterocycles. The molecule has 2 fully saturated rings. The molecule has 9 nitrogen and oxygen atoms in total. The quantitative estimate of drug-likeness (QED) is 0.612. The SMILES string of the molecule is Cc1nc(N[C@@H](C)c2cc3cc(Cl)ccc3[nH]c2=O)nc(N2C(=O)N(C)CC2C2CC2)n1. The van der Waals surface area contributed by atoms with E-state index in [2.05, 4.69) is 25.3 Å². The molecule has 2 amide bonds. The van der Waals surface area contributed by atoms with Crippen molar-refractivity contribution in [1.29, 1.82) is 0 Å². The van der Waals surface area contributed by atoms with Crippen LogP contribution in [0.1, 0.15) is 37.2 Å². The summed E-state index contributed by atoms with van der Waals surface area (Å²) in [5.41, 5.74) is 1.06. The lowest BCUT2D eigenvalue weighted by Crippen LogP contribution is -2.37. The Morgan fingerprint density at radius 1 is 1.19 bits per heavy atom. The number of rotatable bonds is 5. The minimum atomic E-state index is -0.382. The number of anilines is 2. The summed E-state index contributed by atoms with van der Waals surface area (Å²) in [5.74, 6) is 1.65. The van der Waals surface area contributed by atoms with Crippen molar-refractivity contribution < 1.29 is 4.79 Å². The molecule has 2 aliphatic rings. The van der Waals surface area contributed by atoms with E-state index in [-0.39, 0.29) is 23.7 Å². The number of pyridine rings is 1. The molecule has 166 valence electrons. The van der Waals surface area contributed by atoms with Gasteiger partial charge in [0.15, 0.2) is 0 Å². The largest absolute Gasteiger partial charge is 0.347 e. The van der Waals surface area contributed by atoms with Gasteiger partial charge in [0, 0.05) is 35.1 Å². The third-order valence-corrected chi connectivity index (χ3v) is 6.32. The molecule has 1 saturated carbocycles. The fourth-order valence-corrected chi connectivity index (χ4v) is 4.45. The zero-order chi connectivity index (χ0) is 22.6. The number of likely N-dealkylation sites (N-methyl/N-ethyl adjacent to an activating group) is 1. The van der Waals surface area contributed by atoms with Gasteiger partial charge in [0.1, 0.15) is 5.82 Å². The lowest BCUT2D eigenvalue weighted by Gasteiger charge is -2.22. The number of nitrogens with one attached hydrogen (secondary N) is 2. The summed E-state index contributed by atoms with van der Waals surface area (Å²) in [6.45, 7) is 4.30. The first-order valence-electron chi connectivity index (χ1n) is 10.7. The fourth-order valence-electron chi connectivity index (χ4n) is 4.27. The topological polar surface area (TPSA) is 107 Å². The van der Waals surface area contributed by atoms with Crippen LogP contribution in [0.2, 0.25) is 5.02 Å². The molecule has 5 rings (SSSR count). The number of benzene rings is 1. The Labute approximate surface area is 189 Å². The predicted octanol–water partition coefficient (Wildman–Crippen LogP) is 3.50. The van der Waals surface area contributed by atoms with Crippen LogP contribution < -0.4 is 15.8 Å². The molecule has 2 N–H and O–H groups in total. The Bertz CT molecular complexity index is 1270. The molecular weight excluding hydrogens is 430 g/mol. The molecule has 1 saturated heterocycles. The monoisotopic (exact) mass is 453 g/mol. The summed E-state index contributed by atoms with van der Waals surface area (Å²) in [4.78, 5) is 45.1. The molecule has 32 heavy (non-hydrogen) atoms. The van der Waals surface area contributed by atoms with Gasteiger partial charge in [-0.05, 0) is 56.9 Å². The third-order valence-electron chi connectivity index (χ3n) is 6.09. The molecular formula is C22H24ClN7O2. The van der Waals surface area contributed by atoms with Crippen LogP contribution in [0.5, 0.6) is 0 Å². The molecule has 3 aromatic rings. The van der Waals surface area contributed by atoms with Gasteiger partial charge in [-0.2, -0.15) is 15.0 Å². The maximum absolute atomic E-state index is 12.8. The lowest BCUT2D eigenvalue weighted by atomic mass is 10.1. The Morgan fingerprint density at radius 3 is 2.72 bits per heavy atom. The number of hydrogen-bond donors (Lipinski definition) is 2. The van der Waals surface area contributed by atoms with E-state index >= 15 is 0 Å². The number of nitrogens with zero attached hydrogens (tertiary/aromatic N) is 5. The second kappa shape index (κ2) is 7.74. The molecule has 0 bridgehead atoms. The van der Waals surface area contributed by atoms with Crippen LogP contribution in [0.4, 0.5) is 16.7 Å². The number of carbonyl (C=O) groups is 1. The van der Waals surface area contributed by atoms with E-state index in [1.54, 1.807) is 35.9 Å². The molecule has 0 spiro atoms. The number of aromatic nitrogens is 4. The van der Waals surface area contributed by atoms with E-state index in [9.17, 15) is 9.59 Å². The van der Waals surface area contributed by atoms with Gasteiger partial charge in [0.25, 0.3) is 5.56 Å². The van der Waals surface area contributed by atoms with Crippen molar-refractivity contribution in [1.82, 2.24) is 24.8 Å². The van der Waals surface area contributed by atoms with Gasteiger partial charge < -0.3 is 15.2 Å². The Hall–Kier alpha value is -3.20. The summed E-state index contributed by atoms with van der Waals surface area (Å²) in [6, 6.07) is 6.73. The number of fused-ring (bicyclic) bond motifs is 1. The van der Waals surface area contributed by atoms with Crippen LogP contribution in [-0.4, -0.2) is 50.5 Å². The van der Waals surface area contributed by atoms with E-state index in [0.717, 1.165) is 23.7 Å². The molecule has 1 aliphatic carbocycles. The second-order valence-corrected chi connectivity index (χ2v) is 9.03. The van der Waals surface area contributed by atoms with Crippen molar-refractivity contribution >= 4 is 40.4 Å². The molecule has 3 heterocycles. The van der Waals surface area contributed by atoms with Crippen molar-refractivity contribution in [3.05, 3.63) is 51.0 Å². The fraction of sp³-hybridized carbons (Fsp3) is 0.409. The van der Waals surface area contributed by atoms with Crippen LogP contribution in [0.15, 0.2) is 29.1 Å². The number of halogens is 1. The number of hydrogen-bond acceptors (Lipinski definition) is 6. The van der Waals surface area contributed by atoms with Crippen LogP contribution >= 0.6 is 11.6 Å². The van der Waals surface area contributed by atoms with Crippen molar-refractivity contribution in [3.8, 4) is 0 Å². The zero-order valence-electron chi connectivity index (χ0n) is 18.1. The van der Waals surface area contributed by atoms with Gasteiger partial charge in [-0.3, -0.25) is 9.69 Å². The summed E-state index contributed by atoms with van der Waals surface area (Å²) >= 11 is 6.11. The number of urea groups is 1. The predicted molar refractivity (Wildman–Crippen MR) is 123 cm³/mol. The van der Waals surface area contributed by atoms with Crippen LogP contribution in [0.25, 0.3) is 10.9 Å². The number of carbonyl (C=O) groups excluding carboxylic acids is 1. The summed E-state index contributed by atoms with van der Waals surface area (Å²) in [6.07, 6.45) is 2.23. The smallest absolute Gasteiger partial charge is 0.327 e.